The molecule has 1 rings (SSSR count). The van der Waals surface area contributed by atoms with Gasteiger partial charge in [0.2, 0.25) is 0 Å². The summed E-state index contributed by atoms with van der Waals surface area (Å²) in [5, 5.41) is 0. The fraction of sp³-hybridized carbons (Fsp3) is 1.00. The zero-order valence-electron chi connectivity index (χ0n) is 6.72. The minimum absolute atomic E-state index is 0.572. The van der Waals surface area contributed by atoms with Crippen LogP contribution in [0.4, 0.5) is 0 Å². The summed E-state index contributed by atoms with van der Waals surface area (Å²) in [6.07, 6.45) is 2.70. The molecule has 2 nitrogen and oxygen atoms in total. The van der Waals surface area contributed by atoms with E-state index in [1.165, 1.54) is 12.8 Å². The molecule has 0 aromatic rings. The Hall–Kier alpha value is 0.210. The van der Waals surface area contributed by atoms with E-state index >= 15 is 0 Å². The first-order valence-electron chi connectivity index (χ1n) is 4.15. The van der Waals surface area contributed by atoms with Gasteiger partial charge in [-0.25, -0.2) is 0 Å². The number of alkyl halides is 1. The second-order valence-electron chi connectivity index (χ2n) is 2.82. The number of halogens is 1. The molecule has 1 aliphatic rings. The van der Waals surface area contributed by atoms with Gasteiger partial charge in [-0.1, -0.05) is 0 Å². The van der Waals surface area contributed by atoms with Crippen molar-refractivity contribution in [3.05, 3.63) is 0 Å². The highest BCUT2D eigenvalue weighted by atomic mass is 35.5. The van der Waals surface area contributed by atoms with Crippen molar-refractivity contribution in [1.29, 1.82) is 0 Å². The second kappa shape index (κ2) is 5.81. The van der Waals surface area contributed by atoms with Gasteiger partial charge >= 0.3 is 0 Å². The van der Waals surface area contributed by atoms with E-state index in [0.717, 1.165) is 12.5 Å². The molecule has 0 bridgehead atoms. The minimum Gasteiger partial charge on any atom is -0.379 e. The third-order valence-electron chi connectivity index (χ3n) is 1.64. The third-order valence-corrected chi connectivity index (χ3v) is 1.80. The van der Waals surface area contributed by atoms with Gasteiger partial charge in [-0.3, -0.25) is 0 Å². The van der Waals surface area contributed by atoms with Crippen LogP contribution in [0, 0.1) is 5.92 Å². The highest BCUT2D eigenvalue weighted by Gasteiger charge is 2.20. The monoisotopic (exact) mass is 178 g/mol. The van der Waals surface area contributed by atoms with Crippen LogP contribution >= 0.6 is 11.6 Å². The van der Waals surface area contributed by atoms with Crippen molar-refractivity contribution in [2.24, 2.45) is 5.92 Å². The van der Waals surface area contributed by atoms with Gasteiger partial charge in [0, 0.05) is 12.5 Å². The van der Waals surface area contributed by atoms with Crippen LogP contribution in [0.2, 0.25) is 0 Å². The zero-order chi connectivity index (χ0) is 7.94. The summed E-state index contributed by atoms with van der Waals surface area (Å²) < 4.78 is 10.5. The Morgan fingerprint density at radius 3 is 2.45 bits per heavy atom. The highest BCUT2D eigenvalue weighted by Crippen LogP contribution is 2.28. The summed E-state index contributed by atoms with van der Waals surface area (Å²) in [4.78, 5) is 0. The van der Waals surface area contributed by atoms with E-state index in [2.05, 4.69) is 0 Å². The Morgan fingerprint density at radius 1 is 1.09 bits per heavy atom. The largest absolute Gasteiger partial charge is 0.379 e. The molecule has 0 amide bonds. The molecule has 0 atom stereocenters. The maximum atomic E-state index is 5.41. The average molecular weight is 179 g/mol. The van der Waals surface area contributed by atoms with Gasteiger partial charge in [-0.05, 0) is 18.8 Å². The summed E-state index contributed by atoms with van der Waals surface area (Å²) in [7, 11) is 0. The predicted molar refractivity (Wildman–Crippen MR) is 45.1 cm³/mol. The molecule has 0 aromatic heterocycles. The number of hydrogen-bond acceptors (Lipinski definition) is 2. The fourth-order valence-electron chi connectivity index (χ4n) is 0.809. The smallest absolute Gasteiger partial charge is 0.0701 e. The Morgan fingerprint density at radius 2 is 1.82 bits per heavy atom. The van der Waals surface area contributed by atoms with Crippen LogP contribution in [0.3, 0.4) is 0 Å². The lowest BCUT2D eigenvalue weighted by Crippen LogP contribution is -2.07. The van der Waals surface area contributed by atoms with Gasteiger partial charge in [0.05, 0.1) is 19.8 Å². The molecule has 1 saturated carbocycles. The molecule has 0 saturated heterocycles. The molecule has 0 radical (unpaired) electrons. The highest BCUT2D eigenvalue weighted by molar-refractivity contribution is 6.17. The zero-order valence-corrected chi connectivity index (χ0v) is 7.48. The van der Waals surface area contributed by atoms with Crippen molar-refractivity contribution in [1.82, 2.24) is 0 Å². The van der Waals surface area contributed by atoms with Crippen molar-refractivity contribution in [3.63, 3.8) is 0 Å². The molecule has 1 fully saturated rings. The molecule has 0 aromatic carbocycles. The second-order valence-corrected chi connectivity index (χ2v) is 3.20. The minimum atomic E-state index is 0.572. The molecule has 11 heavy (non-hydrogen) atoms. The molecule has 0 aliphatic heterocycles. The van der Waals surface area contributed by atoms with Crippen LogP contribution < -0.4 is 0 Å². The quantitative estimate of drug-likeness (QED) is 0.436. The first kappa shape index (κ1) is 9.30. The van der Waals surface area contributed by atoms with Crippen LogP contribution in [0.15, 0.2) is 0 Å². The molecular formula is C8H15ClO2. The standard InChI is InChI=1S/C8H15ClO2/c9-3-4-10-5-6-11-7-8-1-2-8/h8H,1-7H2. The van der Waals surface area contributed by atoms with E-state index in [1.54, 1.807) is 0 Å². The van der Waals surface area contributed by atoms with Gasteiger partial charge in [-0.15, -0.1) is 11.6 Å². The summed E-state index contributed by atoms with van der Waals surface area (Å²) >= 11 is 5.41. The van der Waals surface area contributed by atoms with Crippen LogP contribution in [0.1, 0.15) is 12.8 Å². The Bertz CT molecular complexity index is 94.1. The lowest BCUT2D eigenvalue weighted by molar-refractivity contribution is 0.0492. The number of ether oxygens (including phenoxy) is 2. The van der Waals surface area contributed by atoms with E-state index in [4.69, 9.17) is 21.1 Å². The van der Waals surface area contributed by atoms with Gasteiger partial charge in [0.1, 0.15) is 0 Å². The summed E-state index contributed by atoms with van der Waals surface area (Å²) in [6.45, 7) is 2.95. The van der Waals surface area contributed by atoms with E-state index in [0.29, 0.717) is 25.7 Å². The van der Waals surface area contributed by atoms with E-state index in [-0.39, 0.29) is 0 Å². The summed E-state index contributed by atoms with van der Waals surface area (Å²) in [6, 6.07) is 0. The van der Waals surface area contributed by atoms with Crippen molar-refractivity contribution in [2.45, 2.75) is 12.8 Å². The first-order valence-corrected chi connectivity index (χ1v) is 4.68. The molecule has 3 heteroatoms. The molecule has 66 valence electrons. The van der Waals surface area contributed by atoms with Crippen molar-refractivity contribution in [2.75, 3.05) is 32.3 Å². The van der Waals surface area contributed by atoms with Crippen LogP contribution in [-0.4, -0.2) is 32.3 Å². The molecule has 0 unspecified atom stereocenters. The third kappa shape index (κ3) is 5.48. The molecular weight excluding hydrogens is 164 g/mol. The van der Waals surface area contributed by atoms with Crippen LogP contribution in [-0.2, 0) is 9.47 Å². The Balaban J connectivity index is 1.66. The van der Waals surface area contributed by atoms with Gasteiger partial charge in [0.25, 0.3) is 0 Å². The van der Waals surface area contributed by atoms with E-state index in [9.17, 15) is 0 Å². The van der Waals surface area contributed by atoms with Crippen molar-refractivity contribution in [3.8, 4) is 0 Å². The van der Waals surface area contributed by atoms with Gasteiger partial charge in [-0.2, -0.15) is 0 Å². The van der Waals surface area contributed by atoms with E-state index < -0.39 is 0 Å². The van der Waals surface area contributed by atoms with Crippen molar-refractivity contribution >= 4 is 11.6 Å². The van der Waals surface area contributed by atoms with Crippen LogP contribution in [0.25, 0.3) is 0 Å². The molecule has 0 heterocycles. The summed E-state index contributed by atoms with van der Waals surface area (Å²) in [5.74, 6) is 1.42. The predicted octanol–water partition coefficient (Wildman–Crippen LogP) is 1.67. The maximum Gasteiger partial charge on any atom is 0.0701 e. The van der Waals surface area contributed by atoms with Crippen LogP contribution in [0.5, 0.6) is 0 Å². The SMILES string of the molecule is ClCCOCCOCC1CC1. The Labute approximate surface area is 72.8 Å². The topological polar surface area (TPSA) is 18.5 Å². The Kier molecular flexibility index (Phi) is 4.91. The first-order chi connectivity index (χ1) is 5.43. The van der Waals surface area contributed by atoms with Crippen molar-refractivity contribution < 1.29 is 9.47 Å². The van der Waals surface area contributed by atoms with Gasteiger partial charge < -0.3 is 9.47 Å². The molecule has 0 N–H and O–H groups in total. The fourth-order valence-corrected chi connectivity index (χ4v) is 0.918. The number of rotatable bonds is 7. The molecule has 0 spiro atoms. The van der Waals surface area contributed by atoms with E-state index in [1.807, 2.05) is 0 Å². The lowest BCUT2D eigenvalue weighted by atomic mass is 10.5. The van der Waals surface area contributed by atoms with Gasteiger partial charge in [0.15, 0.2) is 0 Å². The number of hydrogen-bond donors (Lipinski definition) is 0. The maximum absolute atomic E-state index is 5.41. The molecule has 1 aliphatic carbocycles. The lowest BCUT2D eigenvalue weighted by Gasteiger charge is -2.02. The normalized spacial score (nSPS) is 17.2. The average Bonchev–Trinajstić information content (AvgIpc) is 2.80. The summed E-state index contributed by atoms with van der Waals surface area (Å²) in [5.41, 5.74) is 0.